The summed E-state index contributed by atoms with van der Waals surface area (Å²) in [5.74, 6) is 0.381. The summed E-state index contributed by atoms with van der Waals surface area (Å²) >= 11 is 0. The third-order valence-corrected chi connectivity index (χ3v) is 3.27. The van der Waals surface area contributed by atoms with Gasteiger partial charge in [0.05, 0.1) is 5.69 Å². The van der Waals surface area contributed by atoms with Gasteiger partial charge in [0.25, 0.3) is 0 Å². The van der Waals surface area contributed by atoms with Gasteiger partial charge < -0.3 is 4.90 Å². The van der Waals surface area contributed by atoms with Crippen LogP contribution in [0.5, 0.6) is 0 Å². The minimum Gasteiger partial charge on any atom is -0.312 e. The van der Waals surface area contributed by atoms with Crippen molar-refractivity contribution in [1.82, 2.24) is 0 Å². The Labute approximate surface area is 110 Å². The first-order valence-electron chi connectivity index (χ1n) is 6.18. The van der Waals surface area contributed by atoms with Crippen molar-refractivity contribution in [1.29, 1.82) is 0 Å². The van der Waals surface area contributed by atoms with E-state index >= 15 is 0 Å². The van der Waals surface area contributed by atoms with Crippen LogP contribution < -0.4 is 4.90 Å². The number of carbonyl (C=O) groups excluding carboxylic acids is 1. The van der Waals surface area contributed by atoms with Crippen LogP contribution in [0, 0.1) is 12.8 Å². The van der Waals surface area contributed by atoms with Crippen molar-refractivity contribution in [2.75, 3.05) is 11.4 Å². The molecule has 1 aromatic rings. The molecule has 0 spiro atoms. The zero-order chi connectivity index (χ0) is 13.7. The molecule has 0 aliphatic carbocycles. The topological polar surface area (TPSA) is 20.3 Å². The van der Waals surface area contributed by atoms with Crippen molar-refractivity contribution in [3.8, 4) is 0 Å². The fourth-order valence-electron chi connectivity index (χ4n) is 2.23. The second-order valence-corrected chi connectivity index (χ2v) is 4.39. The molecule has 2 nitrogen and oxygen atoms in total. The SMILES string of the molecule is C=C.C=Cc1c(C)cccc1N1CCC(C)C1=O. The smallest absolute Gasteiger partial charge is 0.229 e. The Morgan fingerprint density at radius 2 is 2.06 bits per heavy atom. The highest BCUT2D eigenvalue weighted by atomic mass is 16.2. The van der Waals surface area contributed by atoms with Crippen LogP contribution in [0.2, 0.25) is 0 Å². The van der Waals surface area contributed by atoms with Crippen molar-refractivity contribution in [2.24, 2.45) is 5.92 Å². The van der Waals surface area contributed by atoms with Gasteiger partial charge in [-0.05, 0) is 25.0 Å². The standard InChI is InChI=1S/C14H17NO.C2H4/c1-4-12-10(2)6-5-7-13(12)15-9-8-11(3)14(15)16;1-2/h4-7,11H,1,8-9H2,2-3H3;1-2H2. The highest BCUT2D eigenvalue weighted by molar-refractivity contribution is 5.98. The van der Waals surface area contributed by atoms with Crippen LogP contribution in [0.25, 0.3) is 6.08 Å². The molecule has 2 rings (SSSR count). The fraction of sp³-hybridized carbons (Fsp3) is 0.312. The first-order valence-corrected chi connectivity index (χ1v) is 6.18. The van der Waals surface area contributed by atoms with E-state index in [-0.39, 0.29) is 11.8 Å². The second kappa shape index (κ2) is 6.20. The second-order valence-electron chi connectivity index (χ2n) is 4.39. The molecule has 1 fully saturated rings. The Kier molecular flexibility index (Phi) is 4.90. The number of hydrogen-bond donors (Lipinski definition) is 0. The summed E-state index contributed by atoms with van der Waals surface area (Å²) in [5, 5.41) is 0. The molecule has 0 radical (unpaired) electrons. The molecule has 1 aliphatic rings. The third-order valence-electron chi connectivity index (χ3n) is 3.27. The maximum Gasteiger partial charge on any atom is 0.229 e. The van der Waals surface area contributed by atoms with E-state index in [1.165, 1.54) is 5.56 Å². The summed E-state index contributed by atoms with van der Waals surface area (Å²) in [6.07, 6.45) is 2.78. The average Bonchev–Trinajstić information content (AvgIpc) is 2.72. The molecule has 2 heteroatoms. The Morgan fingerprint density at radius 3 is 2.56 bits per heavy atom. The molecular weight excluding hydrogens is 222 g/mol. The van der Waals surface area contributed by atoms with Crippen molar-refractivity contribution in [3.63, 3.8) is 0 Å². The maximum atomic E-state index is 12.0. The van der Waals surface area contributed by atoms with Gasteiger partial charge in [-0.25, -0.2) is 0 Å². The number of rotatable bonds is 2. The molecule has 1 atom stereocenters. The number of benzene rings is 1. The van der Waals surface area contributed by atoms with Crippen LogP contribution in [0.1, 0.15) is 24.5 Å². The van der Waals surface area contributed by atoms with Crippen molar-refractivity contribution < 1.29 is 4.79 Å². The molecule has 0 bridgehead atoms. The minimum absolute atomic E-state index is 0.151. The quantitative estimate of drug-likeness (QED) is 0.723. The molecule has 1 aliphatic heterocycles. The van der Waals surface area contributed by atoms with Crippen LogP contribution in [0.4, 0.5) is 5.69 Å². The Bertz CT molecular complexity index is 450. The molecule has 0 saturated carbocycles. The number of hydrogen-bond acceptors (Lipinski definition) is 1. The van der Waals surface area contributed by atoms with E-state index in [0.717, 1.165) is 24.2 Å². The number of amides is 1. The van der Waals surface area contributed by atoms with Gasteiger partial charge in [0.1, 0.15) is 0 Å². The van der Waals surface area contributed by atoms with Crippen LogP contribution >= 0.6 is 0 Å². The Hall–Kier alpha value is -1.83. The van der Waals surface area contributed by atoms with E-state index in [2.05, 4.69) is 19.7 Å². The number of anilines is 1. The summed E-state index contributed by atoms with van der Waals surface area (Å²) in [6, 6.07) is 6.04. The highest BCUT2D eigenvalue weighted by Crippen LogP contribution is 2.30. The molecular formula is C16H21NO. The van der Waals surface area contributed by atoms with Crippen molar-refractivity contribution in [3.05, 3.63) is 49.1 Å². The largest absolute Gasteiger partial charge is 0.312 e. The summed E-state index contributed by atoms with van der Waals surface area (Å²) in [5.41, 5.74) is 3.24. The molecule has 1 unspecified atom stereocenters. The average molecular weight is 243 g/mol. The Balaban J connectivity index is 0.000000771. The van der Waals surface area contributed by atoms with Gasteiger partial charge in [-0.1, -0.05) is 31.7 Å². The minimum atomic E-state index is 0.151. The zero-order valence-electron chi connectivity index (χ0n) is 11.3. The van der Waals surface area contributed by atoms with E-state index in [0.29, 0.717) is 0 Å². The highest BCUT2D eigenvalue weighted by Gasteiger charge is 2.29. The van der Waals surface area contributed by atoms with Crippen LogP contribution in [-0.4, -0.2) is 12.5 Å². The van der Waals surface area contributed by atoms with Crippen LogP contribution in [0.15, 0.2) is 37.9 Å². The van der Waals surface area contributed by atoms with E-state index in [4.69, 9.17) is 0 Å². The normalized spacial score (nSPS) is 18.2. The van der Waals surface area contributed by atoms with Crippen molar-refractivity contribution >= 4 is 17.7 Å². The zero-order valence-corrected chi connectivity index (χ0v) is 11.3. The lowest BCUT2D eigenvalue weighted by Crippen LogP contribution is -2.27. The van der Waals surface area contributed by atoms with E-state index in [1.54, 1.807) is 0 Å². The number of nitrogens with zero attached hydrogens (tertiary/aromatic N) is 1. The summed E-state index contributed by atoms with van der Waals surface area (Å²) in [6.45, 7) is 14.7. The van der Waals surface area contributed by atoms with Gasteiger partial charge >= 0.3 is 0 Å². The molecule has 1 amide bonds. The predicted octanol–water partition coefficient (Wildman–Crippen LogP) is 3.81. The summed E-state index contributed by atoms with van der Waals surface area (Å²) < 4.78 is 0. The molecule has 1 aromatic carbocycles. The molecule has 0 aromatic heterocycles. The first-order chi connectivity index (χ1) is 8.65. The van der Waals surface area contributed by atoms with E-state index in [1.807, 2.05) is 43.0 Å². The van der Waals surface area contributed by atoms with Gasteiger partial charge in [-0.3, -0.25) is 4.79 Å². The lowest BCUT2D eigenvalue weighted by molar-refractivity contribution is -0.119. The summed E-state index contributed by atoms with van der Waals surface area (Å²) in [4.78, 5) is 13.9. The molecule has 1 saturated heterocycles. The van der Waals surface area contributed by atoms with Crippen LogP contribution in [-0.2, 0) is 4.79 Å². The monoisotopic (exact) mass is 243 g/mol. The van der Waals surface area contributed by atoms with Crippen LogP contribution in [0.3, 0.4) is 0 Å². The van der Waals surface area contributed by atoms with Crippen molar-refractivity contribution in [2.45, 2.75) is 20.3 Å². The van der Waals surface area contributed by atoms with E-state index < -0.39 is 0 Å². The molecule has 0 N–H and O–H groups in total. The van der Waals surface area contributed by atoms with Gasteiger partial charge in [-0.2, -0.15) is 0 Å². The van der Waals surface area contributed by atoms with Gasteiger partial charge in [0.2, 0.25) is 5.91 Å². The lowest BCUT2D eigenvalue weighted by atomic mass is 10.1. The van der Waals surface area contributed by atoms with E-state index in [9.17, 15) is 4.79 Å². The predicted molar refractivity (Wildman–Crippen MR) is 78.7 cm³/mol. The van der Waals surface area contributed by atoms with Gasteiger partial charge in [-0.15, -0.1) is 13.2 Å². The Morgan fingerprint density at radius 1 is 1.39 bits per heavy atom. The maximum absolute atomic E-state index is 12.0. The molecule has 1 heterocycles. The summed E-state index contributed by atoms with van der Waals surface area (Å²) in [7, 11) is 0. The lowest BCUT2D eigenvalue weighted by Gasteiger charge is -2.20. The fourth-order valence-corrected chi connectivity index (χ4v) is 2.23. The first kappa shape index (κ1) is 14.2. The molecule has 18 heavy (non-hydrogen) atoms. The number of carbonyl (C=O) groups is 1. The van der Waals surface area contributed by atoms with Gasteiger partial charge in [0.15, 0.2) is 0 Å². The van der Waals surface area contributed by atoms with Gasteiger partial charge in [0, 0.05) is 18.0 Å². The third kappa shape index (κ3) is 2.53. The molecule has 96 valence electrons. The number of aryl methyl sites for hydroxylation is 1.